The van der Waals surface area contributed by atoms with Crippen molar-refractivity contribution in [2.45, 2.75) is 31.8 Å². The highest BCUT2D eigenvalue weighted by Crippen LogP contribution is 2.24. The van der Waals surface area contributed by atoms with E-state index in [-0.39, 0.29) is 6.04 Å². The van der Waals surface area contributed by atoms with Crippen LogP contribution in [0.2, 0.25) is 0 Å². The van der Waals surface area contributed by atoms with E-state index >= 15 is 0 Å². The van der Waals surface area contributed by atoms with Gasteiger partial charge in [-0.2, -0.15) is 0 Å². The van der Waals surface area contributed by atoms with Crippen molar-refractivity contribution >= 4 is 18.1 Å². The van der Waals surface area contributed by atoms with Crippen LogP contribution in [0.3, 0.4) is 0 Å². The first-order chi connectivity index (χ1) is 10.1. The van der Waals surface area contributed by atoms with Gasteiger partial charge in [-0.15, -0.1) is 0 Å². The van der Waals surface area contributed by atoms with Crippen LogP contribution in [0.1, 0.15) is 42.8 Å². The third-order valence-electron chi connectivity index (χ3n) is 3.30. The minimum absolute atomic E-state index is 0.249. The summed E-state index contributed by atoms with van der Waals surface area (Å²) >= 11 is 0. The Morgan fingerprint density at radius 3 is 2.86 bits per heavy atom. The molecule has 2 rings (SSSR count). The predicted octanol–water partition coefficient (Wildman–Crippen LogP) is 1.62. The quantitative estimate of drug-likeness (QED) is 0.712. The molecule has 0 aromatic carbocycles. The molecule has 0 saturated heterocycles. The number of rotatable bonds is 7. The Kier molecular flexibility index (Phi) is 5.25. The number of amides is 1. The summed E-state index contributed by atoms with van der Waals surface area (Å²) in [4.78, 5) is 15.4. The van der Waals surface area contributed by atoms with E-state index in [1.54, 1.807) is 12.2 Å². The van der Waals surface area contributed by atoms with Crippen LogP contribution in [-0.2, 0) is 4.79 Å². The second-order valence-electron chi connectivity index (χ2n) is 5.18. The van der Waals surface area contributed by atoms with Gasteiger partial charge in [-0.1, -0.05) is 6.58 Å². The molecule has 1 heterocycles. The van der Waals surface area contributed by atoms with Crippen LogP contribution in [0.15, 0.2) is 24.9 Å². The lowest BCUT2D eigenvalue weighted by molar-refractivity contribution is -0.122. The van der Waals surface area contributed by atoms with Gasteiger partial charge in [-0.3, -0.25) is 4.79 Å². The van der Waals surface area contributed by atoms with Crippen molar-refractivity contribution in [3.8, 4) is 0 Å². The van der Waals surface area contributed by atoms with Crippen LogP contribution in [-0.4, -0.2) is 28.6 Å². The predicted molar refractivity (Wildman–Crippen MR) is 83.2 cm³/mol. The van der Waals surface area contributed by atoms with Gasteiger partial charge in [0.1, 0.15) is 6.61 Å². The molecule has 1 aromatic heterocycles. The summed E-state index contributed by atoms with van der Waals surface area (Å²) in [5.74, 6) is -0.449. The van der Waals surface area contributed by atoms with Crippen molar-refractivity contribution in [2.75, 3.05) is 6.61 Å². The maximum atomic E-state index is 11.0. The molecule has 0 spiro atoms. The van der Waals surface area contributed by atoms with Crippen LogP contribution in [0.25, 0.3) is 12.2 Å². The Labute approximate surface area is 124 Å². The van der Waals surface area contributed by atoms with Crippen molar-refractivity contribution in [1.82, 2.24) is 15.6 Å². The summed E-state index contributed by atoms with van der Waals surface area (Å²) in [6, 6.07) is 4.87. The van der Waals surface area contributed by atoms with Crippen LogP contribution < -0.4 is 10.6 Å². The summed E-state index contributed by atoms with van der Waals surface area (Å²) in [5, 5.41) is 14.6. The van der Waals surface area contributed by atoms with E-state index in [0.717, 1.165) is 17.0 Å². The molecule has 1 aliphatic rings. The second-order valence-corrected chi connectivity index (χ2v) is 5.18. The molecule has 5 nitrogen and oxygen atoms in total. The Bertz CT molecular complexity index is 550. The molecule has 1 unspecified atom stereocenters. The van der Waals surface area contributed by atoms with E-state index in [9.17, 15) is 4.79 Å². The molecular weight excluding hydrogens is 266 g/mol. The monoisotopic (exact) mass is 287 g/mol. The average molecular weight is 287 g/mol. The number of hydrogen-bond acceptors (Lipinski definition) is 4. The average Bonchev–Trinajstić information content (AvgIpc) is 3.30. The highest BCUT2D eigenvalue weighted by molar-refractivity contribution is 5.78. The summed E-state index contributed by atoms with van der Waals surface area (Å²) in [5.41, 5.74) is 2.68. The largest absolute Gasteiger partial charge is 0.387 e. The van der Waals surface area contributed by atoms with Gasteiger partial charge < -0.3 is 15.7 Å². The third kappa shape index (κ3) is 4.81. The lowest BCUT2D eigenvalue weighted by Crippen LogP contribution is -2.21. The van der Waals surface area contributed by atoms with Gasteiger partial charge in [0.25, 0.3) is 0 Å². The number of nitrogens with one attached hydrogen (secondary N) is 2. The number of aromatic nitrogens is 1. The molecule has 0 bridgehead atoms. The topological polar surface area (TPSA) is 74.2 Å². The Hall–Kier alpha value is -1.98. The number of hydrogen-bond donors (Lipinski definition) is 3. The lowest BCUT2D eigenvalue weighted by atomic mass is 10.1. The van der Waals surface area contributed by atoms with Crippen molar-refractivity contribution < 1.29 is 9.90 Å². The second kappa shape index (κ2) is 7.15. The van der Waals surface area contributed by atoms with Gasteiger partial charge in [-0.25, -0.2) is 4.98 Å². The van der Waals surface area contributed by atoms with Gasteiger partial charge in [0.2, 0.25) is 5.91 Å². The minimum atomic E-state index is -0.530. The zero-order valence-corrected chi connectivity index (χ0v) is 12.2. The Morgan fingerprint density at radius 1 is 1.52 bits per heavy atom. The summed E-state index contributed by atoms with van der Waals surface area (Å²) in [6.45, 7) is 5.35. The number of carbonyl (C=O) groups is 1. The maximum absolute atomic E-state index is 11.0. The SMILES string of the molecule is C=Cc1cc(C(C)NC2CC2)cc(C=CNC(=O)CO)n1. The van der Waals surface area contributed by atoms with E-state index in [0.29, 0.717) is 6.04 Å². The zero-order chi connectivity index (χ0) is 15.2. The van der Waals surface area contributed by atoms with Gasteiger partial charge in [-0.05, 0) is 49.6 Å². The zero-order valence-electron chi connectivity index (χ0n) is 12.2. The molecule has 0 radical (unpaired) electrons. The number of nitrogens with zero attached hydrogens (tertiary/aromatic N) is 1. The molecular formula is C16H21N3O2. The van der Waals surface area contributed by atoms with Crippen LogP contribution in [0, 0.1) is 0 Å². The third-order valence-corrected chi connectivity index (χ3v) is 3.30. The normalized spacial score (nSPS) is 15.9. The summed E-state index contributed by atoms with van der Waals surface area (Å²) in [6.07, 6.45) is 7.37. The fraction of sp³-hybridized carbons (Fsp3) is 0.375. The molecule has 1 aromatic rings. The summed E-state index contributed by atoms with van der Waals surface area (Å²) < 4.78 is 0. The number of aliphatic hydroxyl groups is 1. The molecule has 1 saturated carbocycles. The van der Waals surface area contributed by atoms with Crippen molar-refractivity contribution in [2.24, 2.45) is 0 Å². The molecule has 5 heteroatoms. The maximum Gasteiger partial charge on any atom is 0.249 e. The Morgan fingerprint density at radius 2 is 2.24 bits per heavy atom. The molecule has 1 aliphatic carbocycles. The van der Waals surface area contributed by atoms with E-state index < -0.39 is 12.5 Å². The summed E-state index contributed by atoms with van der Waals surface area (Å²) in [7, 11) is 0. The number of aliphatic hydroxyl groups excluding tert-OH is 1. The molecule has 112 valence electrons. The fourth-order valence-electron chi connectivity index (χ4n) is 2.00. The first kappa shape index (κ1) is 15.4. The van der Waals surface area contributed by atoms with Crippen LogP contribution in [0.4, 0.5) is 0 Å². The molecule has 1 atom stereocenters. The molecule has 0 aliphatic heterocycles. The van der Waals surface area contributed by atoms with E-state index in [1.165, 1.54) is 19.0 Å². The standard InChI is InChI=1S/C16H21N3O2/c1-3-13-8-12(11(2)18-14-4-5-14)9-15(19-13)6-7-17-16(21)10-20/h3,6-9,11,14,18,20H,1,4-5,10H2,2H3,(H,17,21). The van der Waals surface area contributed by atoms with Gasteiger partial charge >= 0.3 is 0 Å². The smallest absolute Gasteiger partial charge is 0.249 e. The van der Waals surface area contributed by atoms with Crippen molar-refractivity contribution in [3.05, 3.63) is 41.9 Å². The fourth-order valence-corrected chi connectivity index (χ4v) is 2.00. The highest BCUT2D eigenvalue weighted by atomic mass is 16.3. The van der Waals surface area contributed by atoms with Gasteiger partial charge in [0, 0.05) is 18.3 Å². The van der Waals surface area contributed by atoms with Crippen molar-refractivity contribution in [1.29, 1.82) is 0 Å². The number of pyridine rings is 1. The first-order valence-electron chi connectivity index (χ1n) is 7.09. The minimum Gasteiger partial charge on any atom is -0.387 e. The number of carbonyl (C=O) groups excluding carboxylic acids is 1. The van der Waals surface area contributed by atoms with E-state index in [1.807, 2.05) is 12.1 Å². The molecule has 3 N–H and O–H groups in total. The van der Waals surface area contributed by atoms with Crippen molar-refractivity contribution in [3.63, 3.8) is 0 Å². The molecule has 1 fully saturated rings. The van der Waals surface area contributed by atoms with Gasteiger partial charge in [0.05, 0.1) is 11.4 Å². The lowest BCUT2D eigenvalue weighted by Gasteiger charge is -2.15. The van der Waals surface area contributed by atoms with E-state index in [4.69, 9.17) is 5.11 Å². The van der Waals surface area contributed by atoms with Crippen LogP contribution >= 0.6 is 0 Å². The molecule has 21 heavy (non-hydrogen) atoms. The Balaban J connectivity index is 2.12. The van der Waals surface area contributed by atoms with Gasteiger partial charge in [0.15, 0.2) is 0 Å². The first-order valence-corrected chi connectivity index (χ1v) is 7.09. The highest BCUT2D eigenvalue weighted by Gasteiger charge is 2.23. The van der Waals surface area contributed by atoms with E-state index in [2.05, 4.69) is 29.1 Å². The molecule has 1 amide bonds. The van der Waals surface area contributed by atoms with Crippen LogP contribution in [0.5, 0.6) is 0 Å².